The first-order valence-electron chi connectivity index (χ1n) is 12.3. The van der Waals surface area contributed by atoms with Gasteiger partial charge in [-0.2, -0.15) is 0 Å². The summed E-state index contributed by atoms with van der Waals surface area (Å²) in [6, 6.07) is 9.40. The van der Waals surface area contributed by atoms with Crippen LogP contribution in [0.5, 0.6) is 0 Å². The predicted molar refractivity (Wildman–Crippen MR) is 141 cm³/mol. The Bertz CT molecular complexity index is 612. The van der Waals surface area contributed by atoms with Crippen molar-refractivity contribution in [3.8, 4) is 0 Å². The number of hydrogen-bond donors (Lipinski definition) is 0. The number of fused-ring (bicyclic) bond motifs is 1. The van der Waals surface area contributed by atoms with E-state index in [2.05, 4.69) is 85.6 Å². The first-order chi connectivity index (χ1) is 13.7. The van der Waals surface area contributed by atoms with E-state index in [0.29, 0.717) is 0 Å². The van der Waals surface area contributed by atoms with E-state index >= 15 is 0 Å². The van der Waals surface area contributed by atoms with Gasteiger partial charge in [-0.3, -0.25) is 0 Å². The average molecular weight is 537 g/mol. The Morgan fingerprint density at radius 3 is 1.55 bits per heavy atom. The summed E-state index contributed by atoms with van der Waals surface area (Å²) >= 11 is -2.16. The number of nitrogens with zero attached hydrogens (tertiary/aromatic N) is 1. The molecule has 0 N–H and O–H groups in total. The van der Waals surface area contributed by atoms with Crippen LogP contribution >= 0.6 is 0 Å². The van der Waals surface area contributed by atoms with Crippen LogP contribution in [0.4, 0.5) is 0 Å². The summed E-state index contributed by atoms with van der Waals surface area (Å²) < 4.78 is 10.7. The fourth-order valence-corrected chi connectivity index (χ4v) is 32.3. The number of unbranched alkanes of at least 4 members (excludes halogenated alkanes) is 3. The van der Waals surface area contributed by atoms with E-state index in [1.54, 1.807) is 23.7 Å². The Labute approximate surface area is 188 Å². The summed E-state index contributed by atoms with van der Waals surface area (Å²) in [6.45, 7) is 18.7. The van der Waals surface area contributed by atoms with Crippen molar-refractivity contribution < 1.29 is 0 Å². The normalized spacial score (nSPS) is 18.4. The van der Waals surface area contributed by atoms with Crippen LogP contribution in [-0.2, 0) is 0 Å². The quantitative estimate of drug-likeness (QED) is 0.267. The maximum atomic E-state index is 3.01. The average Bonchev–Trinajstić information content (AvgIpc) is 2.86. The van der Waals surface area contributed by atoms with Crippen LogP contribution in [0.25, 0.3) is 0 Å². The summed E-state index contributed by atoms with van der Waals surface area (Å²) in [4.78, 5) is 0. The standard InChI is InChI=1S/C13H20NSi2.3C4H9.Sn/c1-6-11-14-15(2,3)12-9-7-8-10-13(12)16(14,4)5;3*1-3-4-2;/h1,6-10H,11H2,2-5H3;3*1,3-4H2,2H3;. The van der Waals surface area contributed by atoms with Gasteiger partial charge in [-0.25, -0.2) is 0 Å². The first-order valence-corrected chi connectivity index (χ1v) is 25.9. The third kappa shape index (κ3) is 5.89. The van der Waals surface area contributed by atoms with Gasteiger partial charge >= 0.3 is 189 Å². The molecular formula is C25H47NSi2Sn. The zero-order valence-corrected chi connectivity index (χ0v) is 25.3. The SMILES string of the molecule is CCC[CH2][Sn](/[CH]=C\CN1[Si](C)(C)c2ccccc2[Si]1(C)C)([CH2]CCC)[CH2]CCC. The molecule has 0 saturated carbocycles. The van der Waals surface area contributed by atoms with Gasteiger partial charge in [-0.1, -0.05) is 0 Å². The van der Waals surface area contributed by atoms with Crippen molar-refractivity contribution in [3.05, 3.63) is 34.4 Å². The molecule has 0 fully saturated rings. The molecule has 0 bridgehead atoms. The molecule has 0 aliphatic carbocycles. The van der Waals surface area contributed by atoms with Crippen molar-refractivity contribution in [2.24, 2.45) is 0 Å². The van der Waals surface area contributed by atoms with Crippen LogP contribution in [0.15, 0.2) is 34.4 Å². The molecule has 1 nitrogen and oxygen atoms in total. The maximum absolute atomic E-state index is 3.01. The van der Waals surface area contributed by atoms with Gasteiger partial charge in [0.05, 0.1) is 0 Å². The Morgan fingerprint density at radius 1 is 0.759 bits per heavy atom. The van der Waals surface area contributed by atoms with Gasteiger partial charge in [0.2, 0.25) is 0 Å². The molecule has 2 rings (SSSR count). The second kappa shape index (κ2) is 11.1. The number of benzene rings is 1. The minimum absolute atomic E-state index is 1.20. The Kier molecular flexibility index (Phi) is 9.77. The van der Waals surface area contributed by atoms with E-state index in [-0.39, 0.29) is 0 Å². The van der Waals surface area contributed by atoms with Gasteiger partial charge in [0, 0.05) is 0 Å². The molecule has 0 atom stereocenters. The van der Waals surface area contributed by atoms with Crippen molar-refractivity contribution in [2.45, 2.75) is 98.8 Å². The van der Waals surface area contributed by atoms with Crippen LogP contribution < -0.4 is 10.4 Å². The molecule has 164 valence electrons. The predicted octanol–water partition coefficient (Wildman–Crippen LogP) is 6.77. The molecule has 0 radical (unpaired) electrons. The Hall–Kier alpha value is 0.152. The van der Waals surface area contributed by atoms with Crippen molar-refractivity contribution in [1.82, 2.24) is 4.23 Å². The zero-order valence-electron chi connectivity index (χ0n) is 20.5. The van der Waals surface area contributed by atoms with Gasteiger partial charge in [0.15, 0.2) is 0 Å². The van der Waals surface area contributed by atoms with Gasteiger partial charge in [-0.15, -0.1) is 0 Å². The van der Waals surface area contributed by atoms with Crippen LogP contribution in [0.2, 0.25) is 39.5 Å². The second-order valence-electron chi connectivity index (χ2n) is 10.3. The molecule has 0 spiro atoms. The summed E-state index contributed by atoms with van der Waals surface area (Å²) in [7, 11) is -3.06. The molecule has 1 aromatic carbocycles. The van der Waals surface area contributed by atoms with Crippen molar-refractivity contribution in [1.29, 1.82) is 0 Å². The molecule has 4 heteroatoms. The molecule has 1 aliphatic rings. The molecule has 1 heterocycles. The number of rotatable bonds is 12. The van der Waals surface area contributed by atoms with Gasteiger partial charge in [0.25, 0.3) is 0 Å². The first kappa shape index (κ1) is 25.4. The molecule has 0 saturated heterocycles. The van der Waals surface area contributed by atoms with Crippen LogP contribution in [0.3, 0.4) is 0 Å². The summed E-state index contributed by atoms with van der Waals surface area (Å²) in [5, 5.41) is 3.42. The van der Waals surface area contributed by atoms with E-state index in [0.717, 1.165) is 0 Å². The fourth-order valence-electron chi connectivity index (χ4n) is 5.62. The third-order valence-corrected chi connectivity index (χ3v) is 31.9. The van der Waals surface area contributed by atoms with Gasteiger partial charge in [0.1, 0.15) is 0 Å². The summed E-state index contributed by atoms with van der Waals surface area (Å²) in [5.74, 6) is 0. The molecule has 0 unspecified atom stereocenters. The minimum atomic E-state index is -2.16. The van der Waals surface area contributed by atoms with E-state index in [4.69, 9.17) is 0 Å². The van der Waals surface area contributed by atoms with Crippen molar-refractivity contribution >= 4 is 45.2 Å². The van der Waals surface area contributed by atoms with Crippen LogP contribution in [0, 0.1) is 0 Å². The molecule has 1 aliphatic heterocycles. The monoisotopic (exact) mass is 537 g/mol. The summed E-state index contributed by atoms with van der Waals surface area (Å²) in [5.41, 5.74) is 0. The van der Waals surface area contributed by atoms with Crippen molar-refractivity contribution in [2.75, 3.05) is 6.54 Å². The molecule has 29 heavy (non-hydrogen) atoms. The Balaban J connectivity index is 2.24. The van der Waals surface area contributed by atoms with Gasteiger partial charge < -0.3 is 0 Å². The van der Waals surface area contributed by atoms with E-state index in [9.17, 15) is 0 Å². The third-order valence-electron chi connectivity index (χ3n) is 7.44. The molecule has 0 aromatic heterocycles. The molecule has 1 aromatic rings. The molecule has 0 amide bonds. The van der Waals surface area contributed by atoms with Gasteiger partial charge in [-0.05, 0) is 0 Å². The van der Waals surface area contributed by atoms with Crippen LogP contribution in [0.1, 0.15) is 59.3 Å². The molecular weight excluding hydrogens is 489 g/mol. The van der Waals surface area contributed by atoms with E-state index in [1.165, 1.54) is 45.1 Å². The summed E-state index contributed by atoms with van der Waals surface area (Å²) in [6.07, 6.45) is 11.2. The topological polar surface area (TPSA) is 3.24 Å². The zero-order chi connectivity index (χ0) is 21.5. The van der Waals surface area contributed by atoms with Crippen molar-refractivity contribution in [3.63, 3.8) is 0 Å². The Morgan fingerprint density at radius 2 is 1.17 bits per heavy atom. The second-order valence-corrected chi connectivity index (χ2v) is 32.2. The van der Waals surface area contributed by atoms with Crippen LogP contribution in [-0.4, -0.2) is 45.6 Å². The number of hydrogen-bond acceptors (Lipinski definition) is 1. The fraction of sp³-hybridized carbons (Fsp3) is 0.680. The van der Waals surface area contributed by atoms with E-state index < -0.39 is 34.8 Å². The van der Waals surface area contributed by atoms with E-state index in [1.807, 2.05) is 0 Å².